The maximum atomic E-state index is 12.8. The van der Waals surface area contributed by atoms with Crippen molar-refractivity contribution in [1.29, 1.82) is 0 Å². The van der Waals surface area contributed by atoms with Crippen molar-refractivity contribution < 1.29 is 14.3 Å². The number of fused-ring (bicyclic) bond motifs is 2. The fourth-order valence-corrected chi connectivity index (χ4v) is 4.30. The Bertz CT molecular complexity index is 1190. The first kappa shape index (κ1) is 18.4. The van der Waals surface area contributed by atoms with E-state index in [9.17, 15) is 14.4 Å². The molecule has 0 saturated heterocycles. The van der Waals surface area contributed by atoms with Gasteiger partial charge in [-0.05, 0) is 44.5 Å². The first-order valence-corrected chi connectivity index (χ1v) is 9.66. The van der Waals surface area contributed by atoms with E-state index in [0.717, 1.165) is 10.4 Å². The molecule has 0 N–H and O–H groups in total. The Kier molecular flexibility index (Phi) is 4.30. The number of ketones is 1. The van der Waals surface area contributed by atoms with Gasteiger partial charge < -0.3 is 9.64 Å². The van der Waals surface area contributed by atoms with Gasteiger partial charge in [-0.3, -0.25) is 19.0 Å². The monoisotopic (exact) mass is 397 g/mol. The SMILES string of the molecule is Cc1sc2ncn(CC(=O)c3ccc4c(c3)N(C)C(=O)C(C)O4)c(=O)c2c1C. The van der Waals surface area contributed by atoms with Crippen molar-refractivity contribution in [3.05, 3.63) is 50.9 Å². The summed E-state index contributed by atoms with van der Waals surface area (Å²) < 4.78 is 6.91. The van der Waals surface area contributed by atoms with Gasteiger partial charge in [0.15, 0.2) is 11.9 Å². The fraction of sp³-hybridized carbons (Fsp3) is 0.300. The Morgan fingerprint density at radius 2 is 2.04 bits per heavy atom. The average Bonchev–Trinajstić information content (AvgIpc) is 2.96. The van der Waals surface area contributed by atoms with E-state index in [1.807, 2.05) is 13.8 Å². The highest BCUT2D eigenvalue weighted by molar-refractivity contribution is 7.18. The maximum Gasteiger partial charge on any atom is 0.267 e. The normalized spacial score (nSPS) is 16.2. The second-order valence-electron chi connectivity index (χ2n) is 6.90. The van der Waals surface area contributed by atoms with Crippen molar-refractivity contribution in [2.45, 2.75) is 33.4 Å². The van der Waals surface area contributed by atoms with Crippen LogP contribution in [-0.2, 0) is 11.3 Å². The van der Waals surface area contributed by atoms with Crippen LogP contribution in [0.3, 0.4) is 0 Å². The van der Waals surface area contributed by atoms with E-state index in [1.165, 1.54) is 27.1 Å². The number of aromatic nitrogens is 2. The Labute approximate surface area is 165 Å². The van der Waals surface area contributed by atoms with E-state index in [0.29, 0.717) is 27.2 Å². The number of thiophene rings is 1. The molecular formula is C20H19N3O4S. The Balaban J connectivity index is 1.68. The molecule has 0 fully saturated rings. The number of ether oxygens (including phenoxy) is 1. The Hall–Kier alpha value is -3.00. The molecule has 0 bridgehead atoms. The smallest absolute Gasteiger partial charge is 0.267 e. The lowest BCUT2D eigenvalue weighted by atomic mass is 10.1. The zero-order valence-electron chi connectivity index (χ0n) is 16.0. The Morgan fingerprint density at radius 1 is 1.29 bits per heavy atom. The number of rotatable bonds is 3. The number of carbonyl (C=O) groups is 2. The minimum Gasteiger partial charge on any atom is -0.479 e. The maximum absolute atomic E-state index is 12.8. The number of Topliss-reactive ketones (excluding diaryl/α,β-unsaturated/α-hetero) is 1. The van der Waals surface area contributed by atoms with Crippen LogP contribution in [0.1, 0.15) is 27.7 Å². The molecule has 3 aromatic rings. The number of anilines is 1. The molecule has 28 heavy (non-hydrogen) atoms. The Morgan fingerprint density at radius 3 is 2.79 bits per heavy atom. The topological polar surface area (TPSA) is 81.5 Å². The summed E-state index contributed by atoms with van der Waals surface area (Å²) in [6.07, 6.45) is 0.851. The lowest BCUT2D eigenvalue weighted by Crippen LogP contribution is -2.42. The second kappa shape index (κ2) is 6.56. The molecule has 4 rings (SSSR count). The van der Waals surface area contributed by atoms with Crippen LogP contribution >= 0.6 is 11.3 Å². The lowest BCUT2D eigenvalue weighted by molar-refractivity contribution is -0.125. The van der Waals surface area contributed by atoms with E-state index in [4.69, 9.17) is 4.74 Å². The predicted octanol–water partition coefficient (Wildman–Crippen LogP) is 2.70. The molecule has 2 aromatic heterocycles. The molecule has 0 radical (unpaired) electrons. The van der Waals surface area contributed by atoms with Crippen LogP contribution in [0.2, 0.25) is 0 Å². The van der Waals surface area contributed by atoms with Crippen LogP contribution in [0, 0.1) is 13.8 Å². The van der Waals surface area contributed by atoms with Gasteiger partial charge in [-0.25, -0.2) is 4.98 Å². The first-order valence-electron chi connectivity index (χ1n) is 8.84. The average molecular weight is 397 g/mol. The summed E-state index contributed by atoms with van der Waals surface area (Å²) in [7, 11) is 1.65. The van der Waals surface area contributed by atoms with Gasteiger partial charge in [-0.15, -0.1) is 11.3 Å². The molecule has 1 unspecified atom stereocenters. The van der Waals surface area contributed by atoms with E-state index in [1.54, 1.807) is 32.2 Å². The number of carbonyl (C=O) groups excluding carboxylic acids is 2. The predicted molar refractivity (Wildman–Crippen MR) is 108 cm³/mol. The summed E-state index contributed by atoms with van der Waals surface area (Å²) in [4.78, 5) is 45.3. The molecule has 1 atom stereocenters. The molecule has 1 aliphatic rings. The number of benzene rings is 1. The van der Waals surface area contributed by atoms with Gasteiger partial charge in [-0.2, -0.15) is 0 Å². The lowest BCUT2D eigenvalue weighted by Gasteiger charge is -2.30. The highest BCUT2D eigenvalue weighted by Crippen LogP contribution is 2.34. The van der Waals surface area contributed by atoms with Crippen molar-refractivity contribution in [2.24, 2.45) is 0 Å². The molecule has 3 heterocycles. The van der Waals surface area contributed by atoms with E-state index in [2.05, 4.69) is 4.98 Å². The molecule has 144 valence electrons. The summed E-state index contributed by atoms with van der Waals surface area (Å²) in [5, 5.41) is 0.566. The van der Waals surface area contributed by atoms with Crippen LogP contribution in [0.5, 0.6) is 5.75 Å². The number of likely N-dealkylation sites (N-methyl/N-ethyl adjacent to an activating group) is 1. The zero-order valence-corrected chi connectivity index (χ0v) is 16.8. The minimum atomic E-state index is -0.562. The quantitative estimate of drug-likeness (QED) is 0.635. The second-order valence-corrected chi connectivity index (χ2v) is 8.11. The van der Waals surface area contributed by atoms with Gasteiger partial charge in [0.25, 0.3) is 11.5 Å². The standard InChI is InChI=1S/C20H19N3O4S/c1-10-12(3)28-18-17(10)20(26)23(9-21-18)8-15(24)13-5-6-16-14(7-13)22(4)19(25)11(2)27-16/h5-7,9,11H,8H2,1-4H3. The van der Waals surface area contributed by atoms with Crippen molar-refractivity contribution in [1.82, 2.24) is 9.55 Å². The van der Waals surface area contributed by atoms with Crippen LogP contribution in [-0.4, -0.2) is 34.4 Å². The van der Waals surface area contributed by atoms with E-state index >= 15 is 0 Å². The number of hydrogen-bond acceptors (Lipinski definition) is 6. The summed E-state index contributed by atoms with van der Waals surface area (Å²) in [6.45, 7) is 5.40. The van der Waals surface area contributed by atoms with Gasteiger partial charge in [0.2, 0.25) is 0 Å². The fourth-order valence-electron chi connectivity index (χ4n) is 3.31. The third-order valence-corrected chi connectivity index (χ3v) is 6.21. The third-order valence-electron chi connectivity index (χ3n) is 5.09. The van der Waals surface area contributed by atoms with Gasteiger partial charge in [0.1, 0.15) is 10.6 Å². The summed E-state index contributed by atoms with van der Waals surface area (Å²) >= 11 is 1.47. The van der Waals surface area contributed by atoms with Gasteiger partial charge in [0, 0.05) is 17.5 Å². The number of hydrogen-bond donors (Lipinski definition) is 0. The molecule has 8 heteroatoms. The third kappa shape index (κ3) is 2.80. The van der Waals surface area contributed by atoms with Crippen molar-refractivity contribution in [2.75, 3.05) is 11.9 Å². The summed E-state index contributed by atoms with van der Waals surface area (Å²) in [6, 6.07) is 4.95. The van der Waals surface area contributed by atoms with Crippen molar-refractivity contribution in [3.8, 4) is 5.75 Å². The molecule has 0 aliphatic carbocycles. The van der Waals surface area contributed by atoms with Crippen LogP contribution < -0.4 is 15.2 Å². The number of amides is 1. The largest absolute Gasteiger partial charge is 0.479 e. The van der Waals surface area contributed by atoms with Gasteiger partial charge >= 0.3 is 0 Å². The number of aryl methyl sites for hydroxylation is 2. The first-order chi connectivity index (χ1) is 13.3. The van der Waals surface area contributed by atoms with Gasteiger partial charge in [-0.1, -0.05) is 0 Å². The van der Waals surface area contributed by atoms with Crippen molar-refractivity contribution >= 4 is 38.9 Å². The molecule has 1 aromatic carbocycles. The van der Waals surface area contributed by atoms with Crippen LogP contribution in [0.4, 0.5) is 5.69 Å². The molecule has 1 aliphatic heterocycles. The number of nitrogens with zero attached hydrogens (tertiary/aromatic N) is 3. The summed E-state index contributed by atoms with van der Waals surface area (Å²) in [5.41, 5.74) is 1.63. The van der Waals surface area contributed by atoms with Gasteiger partial charge in [0.05, 0.1) is 23.9 Å². The molecule has 0 saturated carbocycles. The molecular weight excluding hydrogens is 378 g/mol. The zero-order chi connectivity index (χ0) is 20.2. The van der Waals surface area contributed by atoms with Crippen LogP contribution in [0.15, 0.2) is 29.3 Å². The van der Waals surface area contributed by atoms with E-state index in [-0.39, 0.29) is 23.8 Å². The molecule has 1 amide bonds. The van der Waals surface area contributed by atoms with Crippen LogP contribution in [0.25, 0.3) is 10.2 Å². The van der Waals surface area contributed by atoms with Crippen molar-refractivity contribution in [3.63, 3.8) is 0 Å². The van der Waals surface area contributed by atoms with E-state index < -0.39 is 6.10 Å². The molecule has 7 nitrogen and oxygen atoms in total. The summed E-state index contributed by atoms with van der Waals surface area (Å²) in [5.74, 6) is 0.136. The molecule has 0 spiro atoms. The minimum absolute atomic E-state index is 0.121. The highest BCUT2D eigenvalue weighted by Gasteiger charge is 2.29. The highest BCUT2D eigenvalue weighted by atomic mass is 32.1.